The van der Waals surface area contributed by atoms with E-state index in [0.29, 0.717) is 18.1 Å². The summed E-state index contributed by atoms with van der Waals surface area (Å²) in [6.07, 6.45) is 0. The molecule has 8 nitrogen and oxygen atoms in total. The van der Waals surface area contributed by atoms with Crippen molar-refractivity contribution < 1.29 is 14.3 Å². The van der Waals surface area contributed by atoms with E-state index in [4.69, 9.17) is 4.74 Å². The summed E-state index contributed by atoms with van der Waals surface area (Å²) in [5, 5.41) is 15.2. The minimum Gasteiger partial charge on any atom is -0.482 e. The number of carbonyl (C=O) groups is 1. The van der Waals surface area contributed by atoms with Crippen molar-refractivity contribution in [1.29, 1.82) is 0 Å². The van der Waals surface area contributed by atoms with Gasteiger partial charge in [0.25, 0.3) is 0 Å². The molecular formula is C18H19N5O3. The highest BCUT2D eigenvalue weighted by Crippen LogP contribution is 2.22. The molecule has 0 aliphatic carbocycles. The van der Waals surface area contributed by atoms with Gasteiger partial charge in [-0.2, -0.15) is 4.68 Å². The number of anilines is 1. The molecule has 0 bridgehead atoms. The monoisotopic (exact) mass is 353 g/mol. The second-order valence-electron chi connectivity index (χ2n) is 5.54. The molecule has 3 aromatic rings. The van der Waals surface area contributed by atoms with Crippen LogP contribution in [-0.2, 0) is 16.1 Å². The molecular weight excluding hydrogens is 334 g/mol. The Morgan fingerprint density at radius 3 is 2.73 bits per heavy atom. The fourth-order valence-corrected chi connectivity index (χ4v) is 2.39. The number of aromatic nitrogens is 4. The lowest BCUT2D eigenvalue weighted by atomic mass is 10.2. The van der Waals surface area contributed by atoms with E-state index in [1.807, 2.05) is 49.4 Å². The molecule has 2 aromatic carbocycles. The average molecular weight is 353 g/mol. The number of benzene rings is 2. The number of para-hydroxylation sites is 1. The Bertz CT molecular complexity index is 880. The summed E-state index contributed by atoms with van der Waals surface area (Å²) < 4.78 is 11.6. The lowest BCUT2D eigenvalue weighted by Gasteiger charge is -2.12. The van der Waals surface area contributed by atoms with Gasteiger partial charge < -0.3 is 14.8 Å². The lowest BCUT2D eigenvalue weighted by Crippen LogP contribution is -2.12. The highest BCUT2D eigenvalue weighted by Gasteiger charge is 2.09. The van der Waals surface area contributed by atoms with Crippen molar-refractivity contribution in [3.05, 3.63) is 59.9 Å². The zero-order chi connectivity index (χ0) is 18.4. The summed E-state index contributed by atoms with van der Waals surface area (Å²) in [5.41, 5.74) is 2.81. The molecule has 26 heavy (non-hydrogen) atoms. The molecule has 0 aliphatic rings. The topological polar surface area (TPSA) is 91.2 Å². The predicted octanol–water partition coefficient (Wildman–Crippen LogP) is 2.13. The Morgan fingerprint density at radius 2 is 2.00 bits per heavy atom. The van der Waals surface area contributed by atoms with Crippen LogP contribution in [0.1, 0.15) is 11.4 Å². The lowest BCUT2D eigenvalue weighted by molar-refractivity contribution is -0.142. The first-order chi connectivity index (χ1) is 12.7. The first kappa shape index (κ1) is 17.4. The van der Waals surface area contributed by atoms with Crippen LogP contribution < -0.4 is 10.1 Å². The van der Waals surface area contributed by atoms with Crippen LogP contribution in [0, 0.1) is 6.92 Å². The number of nitrogens with one attached hydrogen (secondary N) is 1. The molecule has 0 saturated carbocycles. The normalized spacial score (nSPS) is 10.4. The van der Waals surface area contributed by atoms with Crippen LogP contribution in [0.3, 0.4) is 0 Å². The third-order valence-corrected chi connectivity index (χ3v) is 3.75. The molecule has 1 N–H and O–H groups in total. The number of methoxy groups -OCH3 is 1. The van der Waals surface area contributed by atoms with Gasteiger partial charge in [0, 0.05) is 5.69 Å². The molecule has 0 saturated heterocycles. The Labute approximate surface area is 150 Å². The number of aryl methyl sites for hydroxylation is 1. The van der Waals surface area contributed by atoms with Gasteiger partial charge >= 0.3 is 5.97 Å². The van der Waals surface area contributed by atoms with E-state index in [0.717, 1.165) is 16.9 Å². The number of esters is 1. The van der Waals surface area contributed by atoms with E-state index in [1.165, 1.54) is 7.11 Å². The van der Waals surface area contributed by atoms with E-state index >= 15 is 0 Å². The molecule has 1 aromatic heterocycles. The maximum Gasteiger partial charge on any atom is 0.343 e. The van der Waals surface area contributed by atoms with Gasteiger partial charge in [-0.15, -0.1) is 5.10 Å². The molecule has 134 valence electrons. The van der Waals surface area contributed by atoms with Gasteiger partial charge in [-0.3, -0.25) is 0 Å². The number of nitrogens with zero attached hydrogens (tertiary/aromatic N) is 4. The van der Waals surface area contributed by atoms with E-state index in [9.17, 15) is 4.79 Å². The highest BCUT2D eigenvalue weighted by molar-refractivity contribution is 5.71. The Morgan fingerprint density at radius 1 is 1.19 bits per heavy atom. The Hall–Kier alpha value is -3.42. The Kier molecular flexibility index (Phi) is 5.43. The molecule has 0 aliphatic heterocycles. The summed E-state index contributed by atoms with van der Waals surface area (Å²) in [6.45, 7) is 2.30. The predicted molar refractivity (Wildman–Crippen MR) is 95.2 cm³/mol. The molecule has 0 spiro atoms. The molecule has 0 atom stereocenters. The van der Waals surface area contributed by atoms with E-state index in [2.05, 4.69) is 25.6 Å². The zero-order valence-electron chi connectivity index (χ0n) is 14.5. The van der Waals surface area contributed by atoms with Crippen molar-refractivity contribution in [1.82, 2.24) is 20.2 Å². The van der Waals surface area contributed by atoms with Crippen LogP contribution in [0.25, 0.3) is 5.69 Å². The molecule has 0 amide bonds. The van der Waals surface area contributed by atoms with Crippen molar-refractivity contribution in [3.63, 3.8) is 0 Å². The van der Waals surface area contributed by atoms with Crippen molar-refractivity contribution in [2.45, 2.75) is 13.5 Å². The quantitative estimate of drug-likeness (QED) is 0.651. The summed E-state index contributed by atoms with van der Waals surface area (Å²) in [4.78, 5) is 11.1. The summed E-state index contributed by atoms with van der Waals surface area (Å²) in [7, 11) is 1.33. The minimum absolute atomic E-state index is 0.117. The fourth-order valence-electron chi connectivity index (χ4n) is 2.39. The number of rotatable bonds is 7. The van der Waals surface area contributed by atoms with Gasteiger partial charge in [0.15, 0.2) is 12.4 Å². The minimum atomic E-state index is -0.419. The second-order valence-corrected chi connectivity index (χ2v) is 5.54. The van der Waals surface area contributed by atoms with E-state index in [-0.39, 0.29) is 6.61 Å². The van der Waals surface area contributed by atoms with Crippen molar-refractivity contribution >= 4 is 11.7 Å². The van der Waals surface area contributed by atoms with Crippen LogP contribution in [0.2, 0.25) is 0 Å². The van der Waals surface area contributed by atoms with Crippen LogP contribution in [0.5, 0.6) is 5.75 Å². The molecule has 1 heterocycles. The van der Waals surface area contributed by atoms with Crippen molar-refractivity contribution in [3.8, 4) is 11.4 Å². The molecule has 0 radical (unpaired) electrons. The first-order valence-corrected chi connectivity index (χ1v) is 8.04. The number of carbonyl (C=O) groups excluding carboxylic acids is 1. The highest BCUT2D eigenvalue weighted by atomic mass is 16.6. The van der Waals surface area contributed by atoms with Gasteiger partial charge in [0.1, 0.15) is 5.75 Å². The maximum absolute atomic E-state index is 11.1. The second kappa shape index (κ2) is 8.11. The third-order valence-electron chi connectivity index (χ3n) is 3.75. The van der Waals surface area contributed by atoms with E-state index in [1.54, 1.807) is 10.7 Å². The maximum atomic E-state index is 11.1. The SMILES string of the molecule is COC(=O)COc1ccc(NCc2nnnn2-c2ccccc2)c(C)c1. The summed E-state index contributed by atoms with van der Waals surface area (Å²) in [5.74, 6) is 0.881. The molecule has 8 heteroatoms. The molecule has 0 fully saturated rings. The van der Waals surface area contributed by atoms with Crippen LogP contribution in [-0.4, -0.2) is 39.9 Å². The average Bonchev–Trinajstić information content (AvgIpc) is 3.14. The number of hydrogen-bond donors (Lipinski definition) is 1. The fraction of sp³-hybridized carbons (Fsp3) is 0.222. The first-order valence-electron chi connectivity index (χ1n) is 8.04. The number of tetrazole rings is 1. The number of ether oxygens (including phenoxy) is 2. The number of hydrogen-bond acceptors (Lipinski definition) is 7. The zero-order valence-corrected chi connectivity index (χ0v) is 14.5. The van der Waals surface area contributed by atoms with Gasteiger partial charge in [0.05, 0.1) is 19.3 Å². The van der Waals surface area contributed by atoms with Gasteiger partial charge in [0.2, 0.25) is 0 Å². The molecule has 3 rings (SSSR count). The van der Waals surface area contributed by atoms with Crippen LogP contribution >= 0.6 is 0 Å². The smallest absolute Gasteiger partial charge is 0.343 e. The van der Waals surface area contributed by atoms with Gasteiger partial charge in [-0.05, 0) is 53.2 Å². The Balaban J connectivity index is 1.66. The van der Waals surface area contributed by atoms with Crippen LogP contribution in [0.4, 0.5) is 5.69 Å². The standard InChI is InChI=1S/C18H19N5O3/c1-13-10-15(26-12-18(24)25-2)8-9-16(13)19-11-17-20-21-22-23(17)14-6-4-3-5-7-14/h3-10,19H,11-12H2,1-2H3. The molecule has 0 unspecified atom stereocenters. The van der Waals surface area contributed by atoms with Gasteiger partial charge in [-0.1, -0.05) is 18.2 Å². The van der Waals surface area contributed by atoms with Gasteiger partial charge in [-0.25, -0.2) is 4.79 Å². The largest absolute Gasteiger partial charge is 0.482 e. The van der Waals surface area contributed by atoms with Crippen molar-refractivity contribution in [2.24, 2.45) is 0 Å². The van der Waals surface area contributed by atoms with Crippen LogP contribution in [0.15, 0.2) is 48.5 Å². The summed E-state index contributed by atoms with van der Waals surface area (Å²) >= 11 is 0. The van der Waals surface area contributed by atoms with Crippen molar-refractivity contribution in [2.75, 3.05) is 19.0 Å². The third kappa shape index (κ3) is 4.15. The summed E-state index contributed by atoms with van der Waals surface area (Å²) in [6, 6.07) is 15.2. The van der Waals surface area contributed by atoms with E-state index < -0.39 is 5.97 Å².